The zero-order valence-electron chi connectivity index (χ0n) is 15.3. The van der Waals surface area contributed by atoms with Gasteiger partial charge in [-0.25, -0.2) is 4.79 Å². The van der Waals surface area contributed by atoms with Gasteiger partial charge in [-0.1, -0.05) is 43.2 Å². The van der Waals surface area contributed by atoms with E-state index in [4.69, 9.17) is 4.74 Å². The highest BCUT2D eigenvalue weighted by molar-refractivity contribution is 5.91. The summed E-state index contributed by atoms with van der Waals surface area (Å²) in [5.74, 6) is -0.357. The fraction of sp³-hybridized carbons (Fsp3) is 0.350. The van der Waals surface area contributed by atoms with Gasteiger partial charge in [-0.3, -0.25) is 10.1 Å². The van der Waals surface area contributed by atoms with Crippen LogP contribution in [0.5, 0.6) is 5.75 Å². The normalized spacial score (nSPS) is 19.0. The molecule has 0 aromatic heterocycles. The number of phenolic OH excluding ortho intramolecular Hbond substituents is 1. The Hall–Kier alpha value is -3.13. The number of anilines is 1. The van der Waals surface area contributed by atoms with E-state index in [1.807, 2.05) is 30.3 Å². The first-order valence-corrected chi connectivity index (χ1v) is 9.23. The summed E-state index contributed by atoms with van der Waals surface area (Å²) in [6, 6.07) is 12.8. The van der Waals surface area contributed by atoms with Gasteiger partial charge in [-0.15, -0.1) is 0 Å². The molecule has 3 N–H and O–H groups in total. The van der Waals surface area contributed by atoms with Crippen molar-refractivity contribution in [2.24, 2.45) is 0 Å². The summed E-state index contributed by atoms with van der Waals surface area (Å²) in [6.45, 7) is 0.481. The monoisotopic (exact) mass is 385 g/mol. The summed E-state index contributed by atoms with van der Waals surface area (Å²) < 4.78 is 6.03. The van der Waals surface area contributed by atoms with Gasteiger partial charge >= 0.3 is 6.03 Å². The number of amides is 2. The van der Waals surface area contributed by atoms with Crippen molar-refractivity contribution in [3.8, 4) is 5.75 Å². The van der Waals surface area contributed by atoms with Crippen molar-refractivity contribution in [2.75, 3.05) is 5.32 Å². The largest absolute Gasteiger partial charge is 0.506 e. The average molecular weight is 385 g/mol. The molecule has 0 spiro atoms. The minimum atomic E-state index is -0.611. The third-order valence-electron chi connectivity index (χ3n) is 4.77. The lowest BCUT2D eigenvalue weighted by Crippen LogP contribution is -2.47. The number of nitro benzene ring substituents is 1. The summed E-state index contributed by atoms with van der Waals surface area (Å²) in [6.07, 6.45) is 3.62. The molecule has 0 aliphatic heterocycles. The number of rotatable bonds is 6. The van der Waals surface area contributed by atoms with Crippen molar-refractivity contribution in [1.82, 2.24) is 5.32 Å². The van der Waals surface area contributed by atoms with Gasteiger partial charge in [0, 0.05) is 6.07 Å². The molecular weight excluding hydrogens is 362 g/mol. The van der Waals surface area contributed by atoms with E-state index in [9.17, 15) is 20.0 Å². The summed E-state index contributed by atoms with van der Waals surface area (Å²) in [5.41, 5.74) is 0.942. The third-order valence-corrected chi connectivity index (χ3v) is 4.77. The number of ether oxygens (including phenoxy) is 1. The molecule has 1 aliphatic carbocycles. The fourth-order valence-corrected chi connectivity index (χ4v) is 3.31. The van der Waals surface area contributed by atoms with E-state index < -0.39 is 11.0 Å². The second kappa shape index (κ2) is 9.18. The second-order valence-corrected chi connectivity index (χ2v) is 6.78. The smallest absolute Gasteiger partial charge is 0.319 e. The Morgan fingerprint density at radius 3 is 2.64 bits per heavy atom. The molecule has 0 saturated heterocycles. The van der Waals surface area contributed by atoms with Crippen molar-refractivity contribution in [3.63, 3.8) is 0 Å². The lowest BCUT2D eigenvalue weighted by atomic mass is 9.92. The van der Waals surface area contributed by atoms with Crippen LogP contribution in [-0.4, -0.2) is 28.2 Å². The van der Waals surface area contributed by atoms with E-state index in [0.29, 0.717) is 6.61 Å². The molecule has 2 atom stereocenters. The van der Waals surface area contributed by atoms with Crippen LogP contribution < -0.4 is 10.6 Å². The van der Waals surface area contributed by atoms with Gasteiger partial charge in [-0.05, 0) is 24.5 Å². The quantitative estimate of drug-likeness (QED) is 0.396. The number of urea groups is 1. The van der Waals surface area contributed by atoms with Crippen LogP contribution in [0.15, 0.2) is 48.5 Å². The molecular formula is C20H23N3O5. The Labute approximate surface area is 162 Å². The predicted octanol–water partition coefficient (Wildman–Crippen LogP) is 3.95. The molecule has 8 nitrogen and oxygen atoms in total. The molecule has 28 heavy (non-hydrogen) atoms. The lowest BCUT2D eigenvalue weighted by Gasteiger charge is -2.32. The highest BCUT2D eigenvalue weighted by atomic mass is 16.6. The first kappa shape index (κ1) is 19.6. The van der Waals surface area contributed by atoms with Gasteiger partial charge in [0.1, 0.15) is 5.75 Å². The predicted molar refractivity (Wildman–Crippen MR) is 104 cm³/mol. The zero-order chi connectivity index (χ0) is 19.9. The van der Waals surface area contributed by atoms with E-state index in [1.165, 1.54) is 12.1 Å². The van der Waals surface area contributed by atoms with Gasteiger partial charge in [0.2, 0.25) is 0 Å². The Morgan fingerprint density at radius 2 is 1.93 bits per heavy atom. The maximum atomic E-state index is 12.3. The number of nitrogens with one attached hydrogen (secondary N) is 2. The Morgan fingerprint density at radius 1 is 1.18 bits per heavy atom. The van der Waals surface area contributed by atoms with E-state index in [0.717, 1.165) is 37.3 Å². The number of benzene rings is 2. The van der Waals surface area contributed by atoms with Crippen LogP contribution in [0.1, 0.15) is 31.2 Å². The topological polar surface area (TPSA) is 114 Å². The lowest BCUT2D eigenvalue weighted by molar-refractivity contribution is -0.384. The fourth-order valence-electron chi connectivity index (χ4n) is 3.31. The first-order valence-electron chi connectivity index (χ1n) is 9.23. The zero-order valence-corrected chi connectivity index (χ0v) is 15.3. The van der Waals surface area contributed by atoms with Crippen LogP contribution in [0, 0.1) is 10.1 Å². The molecule has 0 heterocycles. The Kier molecular flexibility index (Phi) is 6.44. The van der Waals surface area contributed by atoms with E-state index in [1.54, 1.807) is 0 Å². The first-order chi connectivity index (χ1) is 13.5. The number of carbonyl (C=O) groups is 1. The molecule has 0 radical (unpaired) electrons. The number of nitro groups is 1. The molecule has 8 heteroatoms. The molecule has 2 amide bonds. The minimum Gasteiger partial charge on any atom is -0.506 e. The molecule has 0 bridgehead atoms. The van der Waals surface area contributed by atoms with Gasteiger partial charge in [0.05, 0.1) is 35.4 Å². The van der Waals surface area contributed by atoms with Crippen molar-refractivity contribution in [1.29, 1.82) is 0 Å². The summed E-state index contributed by atoms with van der Waals surface area (Å²) in [5, 5.41) is 26.1. The third kappa shape index (κ3) is 5.20. The van der Waals surface area contributed by atoms with Gasteiger partial charge < -0.3 is 20.5 Å². The number of hydrogen-bond acceptors (Lipinski definition) is 5. The molecule has 148 valence electrons. The number of aromatic hydroxyl groups is 1. The van der Waals surface area contributed by atoms with E-state index in [-0.39, 0.29) is 29.3 Å². The maximum Gasteiger partial charge on any atom is 0.319 e. The van der Waals surface area contributed by atoms with E-state index >= 15 is 0 Å². The Balaban J connectivity index is 1.57. The van der Waals surface area contributed by atoms with Crippen molar-refractivity contribution >= 4 is 17.4 Å². The summed E-state index contributed by atoms with van der Waals surface area (Å²) in [7, 11) is 0. The SMILES string of the molecule is O=C(Nc1ccc([N+](=O)[O-])cc1O)N[C@@H]1CCCC[C@H]1OCc1ccccc1. The van der Waals surface area contributed by atoms with Crippen LogP contribution in [0.2, 0.25) is 0 Å². The number of carbonyl (C=O) groups excluding carboxylic acids is 1. The number of hydrogen-bond donors (Lipinski definition) is 3. The molecule has 1 saturated carbocycles. The average Bonchev–Trinajstić information content (AvgIpc) is 2.69. The van der Waals surface area contributed by atoms with Crippen molar-refractivity contribution in [2.45, 2.75) is 44.4 Å². The summed E-state index contributed by atoms with van der Waals surface area (Å²) in [4.78, 5) is 22.5. The minimum absolute atomic E-state index is 0.0924. The van der Waals surface area contributed by atoms with Crippen LogP contribution in [0.4, 0.5) is 16.2 Å². The molecule has 1 aliphatic rings. The van der Waals surface area contributed by atoms with Crippen LogP contribution in [0.3, 0.4) is 0 Å². The molecule has 3 rings (SSSR count). The van der Waals surface area contributed by atoms with Gasteiger partial charge in [-0.2, -0.15) is 0 Å². The van der Waals surface area contributed by atoms with E-state index in [2.05, 4.69) is 10.6 Å². The number of nitrogens with zero attached hydrogens (tertiary/aromatic N) is 1. The highest BCUT2D eigenvalue weighted by Gasteiger charge is 2.27. The van der Waals surface area contributed by atoms with Crippen molar-refractivity contribution in [3.05, 3.63) is 64.2 Å². The van der Waals surface area contributed by atoms with Crippen LogP contribution in [-0.2, 0) is 11.3 Å². The summed E-state index contributed by atoms with van der Waals surface area (Å²) >= 11 is 0. The Bertz CT molecular complexity index is 828. The van der Waals surface area contributed by atoms with Gasteiger partial charge in [0.15, 0.2) is 0 Å². The maximum absolute atomic E-state index is 12.3. The molecule has 0 unspecified atom stereocenters. The van der Waals surface area contributed by atoms with Gasteiger partial charge in [0.25, 0.3) is 5.69 Å². The second-order valence-electron chi connectivity index (χ2n) is 6.78. The molecule has 2 aromatic rings. The number of non-ortho nitro benzene ring substituents is 1. The van der Waals surface area contributed by atoms with Crippen LogP contribution in [0.25, 0.3) is 0 Å². The highest BCUT2D eigenvalue weighted by Crippen LogP contribution is 2.28. The van der Waals surface area contributed by atoms with Crippen LogP contribution >= 0.6 is 0 Å². The number of phenols is 1. The molecule has 2 aromatic carbocycles. The standard InChI is InChI=1S/C20H23N3O5/c24-18-12-15(23(26)27)10-11-16(18)21-20(25)22-17-8-4-5-9-19(17)28-13-14-6-2-1-3-7-14/h1-3,6-7,10-12,17,19,24H,4-5,8-9,13H2,(H2,21,22,25)/t17-,19-/m1/s1. The molecule has 1 fully saturated rings. The van der Waals surface area contributed by atoms with Crippen molar-refractivity contribution < 1.29 is 19.6 Å².